The summed E-state index contributed by atoms with van der Waals surface area (Å²) in [6, 6.07) is 0. The van der Waals surface area contributed by atoms with Gasteiger partial charge in [-0.3, -0.25) is 4.68 Å². The quantitative estimate of drug-likeness (QED) is 0.863. The third kappa shape index (κ3) is 2.91. The number of nitrogens with one attached hydrogen (secondary N) is 1. The largest absolute Gasteiger partial charge is 0.369 e. The second kappa shape index (κ2) is 5.24. The molecule has 2 rings (SSSR count). The van der Waals surface area contributed by atoms with Gasteiger partial charge in [0.2, 0.25) is 0 Å². The van der Waals surface area contributed by atoms with E-state index in [1.54, 1.807) is 12.5 Å². The molecule has 0 unspecified atom stereocenters. The Morgan fingerprint density at radius 1 is 1.44 bits per heavy atom. The van der Waals surface area contributed by atoms with Crippen LogP contribution in [0.1, 0.15) is 5.56 Å². The van der Waals surface area contributed by atoms with E-state index in [9.17, 15) is 0 Å². The number of halogens is 1. The van der Waals surface area contributed by atoms with Crippen LogP contribution in [0.4, 0.5) is 5.82 Å². The zero-order valence-corrected chi connectivity index (χ0v) is 11.0. The van der Waals surface area contributed by atoms with Crippen LogP contribution in [0.5, 0.6) is 0 Å². The maximum atomic E-state index is 4.16. The molecule has 5 nitrogen and oxygen atoms in total. The molecule has 0 aliphatic heterocycles. The molecule has 0 saturated carbocycles. The number of anilines is 1. The first-order chi connectivity index (χ1) is 7.75. The van der Waals surface area contributed by atoms with Gasteiger partial charge in [0.1, 0.15) is 12.1 Å². The van der Waals surface area contributed by atoms with E-state index >= 15 is 0 Å². The van der Waals surface area contributed by atoms with Crippen LogP contribution in [0.2, 0.25) is 0 Å². The highest BCUT2D eigenvalue weighted by Gasteiger charge is 2.00. The molecule has 1 N–H and O–H groups in total. The van der Waals surface area contributed by atoms with E-state index in [2.05, 4.69) is 43.0 Å². The Morgan fingerprint density at radius 3 is 3.00 bits per heavy atom. The summed E-state index contributed by atoms with van der Waals surface area (Å²) in [6.07, 6.45) is 8.18. The van der Waals surface area contributed by atoms with Crippen molar-refractivity contribution >= 4 is 28.4 Å². The standard InChI is InChI=1S/C10H12IN5/c1-16-6-8(4-15-16)2-3-13-10-9(11)5-12-7-14-10/h4-7H,2-3H2,1H3,(H,12,13,14). The van der Waals surface area contributed by atoms with Gasteiger partial charge in [-0.15, -0.1) is 0 Å². The molecule has 16 heavy (non-hydrogen) atoms. The zero-order valence-electron chi connectivity index (χ0n) is 8.89. The smallest absolute Gasteiger partial charge is 0.142 e. The SMILES string of the molecule is Cn1cc(CCNc2ncncc2I)cn1. The van der Waals surface area contributed by atoms with Gasteiger partial charge in [-0.25, -0.2) is 9.97 Å². The third-order valence-electron chi connectivity index (χ3n) is 2.13. The lowest BCUT2D eigenvalue weighted by molar-refractivity contribution is 0.767. The molecule has 0 amide bonds. The zero-order chi connectivity index (χ0) is 11.4. The first kappa shape index (κ1) is 11.3. The van der Waals surface area contributed by atoms with Crippen molar-refractivity contribution in [3.05, 3.63) is 34.1 Å². The van der Waals surface area contributed by atoms with Crippen molar-refractivity contribution in [1.82, 2.24) is 19.7 Å². The molecular formula is C10H12IN5. The van der Waals surface area contributed by atoms with Gasteiger partial charge < -0.3 is 5.32 Å². The highest BCUT2D eigenvalue weighted by atomic mass is 127. The van der Waals surface area contributed by atoms with Crippen LogP contribution >= 0.6 is 22.6 Å². The van der Waals surface area contributed by atoms with Gasteiger partial charge in [-0.1, -0.05) is 0 Å². The van der Waals surface area contributed by atoms with Gasteiger partial charge in [0, 0.05) is 26.0 Å². The molecule has 0 saturated heterocycles. The first-order valence-corrected chi connectivity index (χ1v) is 6.00. The number of nitrogens with zero attached hydrogens (tertiary/aromatic N) is 4. The van der Waals surface area contributed by atoms with Crippen molar-refractivity contribution < 1.29 is 0 Å². The minimum Gasteiger partial charge on any atom is -0.369 e. The summed E-state index contributed by atoms with van der Waals surface area (Å²) in [7, 11) is 1.92. The Kier molecular flexibility index (Phi) is 3.70. The summed E-state index contributed by atoms with van der Waals surface area (Å²) in [5, 5.41) is 7.40. The van der Waals surface area contributed by atoms with E-state index < -0.39 is 0 Å². The maximum absolute atomic E-state index is 4.16. The fourth-order valence-corrected chi connectivity index (χ4v) is 1.86. The summed E-state index contributed by atoms with van der Waals surface area (Å²) < 4.78 is 2.84. The molecule has 0 spiro atoms. The highest BCUT2D eigenvalue weighted by Crippen LogP contribution is 2.12. The fourth-order valence-electron chi connectivity index (χ4n) is 1.37. The molecular weight excluding hydrogens is 317 g/mol. The van der Waals surface area contributed by atoms with Crippen LogP contribution < -0.4 is 5.32 Å². The van der Waals surface area contributed by atoms with Crippen molar-refractivity contribution in [2.45, 2.75) is 6.42 Å². The number of rotatable bonds is 4. The predicted octanol–water partition coefficient (Wildman–Crippen LogP) is 1.47. The lowest BCUT2D eigenvalue weighted by atomic mass is 10.2. The van der Waals surface area contributed by atoms with Gasteiger partial charge in [-0.05, 0) is 34.6 Å². The van der Waals surface area contributed by atoms with E-state index in [-0.39, 0.29) is 0 Å². The molecule has 0 atom stereocenters. The Morgan fingerprint density at radius 2 is 2.31 bits per heavy atom. The molecule has 0 aliphatic rings. The Labute approximate surface area is 107 Å². The lowest BCUT2D eigenvalue weighted by Gasteiger charge is -2.05. The van der Waals surface area contributed by atoms with Crippen LogP contribution in [0.25, 0.3) is 0 Å². The van der Waals surface area contributed by atoms with Gasteiger partial charge >= 0.3 is 0 Å². The van der Waals surface area contributed by atoms with Crippen molar-refractivity contribution in [2.75, 3.05) is 11.9 Å². The molecule has 2 aromatic heterocycles. The summed E-state index contributed by atoms with van der Waals surface area (Å²) in [6.45, 7) is 0.846. The van der Waals surface area contributed by atoms with Gasteiger partial charge in [0.15, 0.2) is 0 Å². The lowest BCUT2D eigenvalue weighted by Crippen LogP contribution is -2.07. The van der Waals surface area contributed by atoms with Crippen molar-refractivity contribution in [1.29, 1.82) is 0 Å². The van der Waals surface area contributed by atoms with Crippen LogP contribution in [-0.4, -0.2) is 26.3 Å². The van der Waals surface area contributed by atoms with Crippen molar-refractivity contribution in [3.63, 3.8) is 0 Å². The molecule has 0 bridgehead atoms. The maximum Gasteiger partial charge on any atom is 0.142 e. The summed E-state index contributed by atoms with van der Waals surface area (Å²) >= 11 is 2.21. The van der Waals surface area contributed by atoms with Crippen LogP contribution in [-0.2, 0) is 13.5 Å². The van der Waals surface area contributed by atoms with Crippen LogP contribution in [0.15, 0.2) is 24.9 Å². The second-order valence-corrected chi connectivity index (χ2v) is 4.58. The Hall–Kier alpha value is -1.18. The van der Waals surface area contributed by atoms with E-state index in [4.69, 9.17) is 0 Å². The summed E-state index contributed by atoms with van der Waals surface area (Å²) in [4.78, 5) is 8.11. The second-order valence-electron chi connectivity index (χ2n) is 3.42. The molecule has 0 aliphatic carbocycles. The normalized spacial score (nSPS) is 10.4. The molecule has 0 radical (unpaired) electrons. The number of hydrogen-bond donors (Lipinski definition) is 1. The number of aryl methyl sites for hydroxylation is 1. The van der Waals surface area contributed by atoms with E-state index in [1.807, 2.05) is 24.1 Å². The Balaban J connectivity index is 1.87. The van der Waals surface area contributed by atoms with Crippen LogP contribution in [0, 0.1) is 3.57 Å². The van der Waals surface area contributed by atoms with Gasteiger partial charge in [0.05, 0.1) is 9.77 Å². The van der Waals surface area contributed by atoms with Gasteiger partial charge in [-0.2, -0.15) is 5.10 Å². The topological polar surface area (TPSA) is 55.6 Å². The first-order valence-electron chi connectivity index (χ1n) is 4.92. The average molecular weight is 329 g/mol. The average Bonchev–Trinajstić information content (AvgIpc) is 2.67. The van der Waals surface area contributed by atoms with E-state index in [0.29, 0.717) is 0 Å². The summed E-state index contributed by atoms with van der Waals surface area (Å²) in [5.41, 5.74) is 1.22. The minimum absolute atomic E-state index is 0.846. The number of aromatic nitrogens is 4. The minimum atomic E-state index is 0.846. The van der Waals surface area contributed by atoms with E-state index in [1.165, 1.54) is 5.56 Å². The van der Waals surface area contributed by atoms with E-state index in [0.717, 1.165) is 22.4 Å². The molecule has 6 heteroatoms. The Bertz CT molecular complexity index is 468. The molecule has 0 aromatic carbocycles. The third-order valence-corrected chi connectivity index (χ3v) is 2.92. The predicted molar refractivity (Wildman–Crippen MR) is 70.2 cm³/mol. The van der Waals surface area contributed by atoms with Crippen LogP contribution in [0.3, 0.4) is 0 Å². The highest BCUT2D eigenvalue weighted by molar-refractivity contribution is 14.1. The molecule has 84 valence electrons. The summed E-state index contributed by atoms with van der Waals surface area (Å²) in [5.74, 6) is 0.888. The molecule has 2 heterocycles. The molecule has 2 aromatic rings. The molecule has 0 fully saturated rings. The monoisotopic (exact) mass is 329 g/mol. The fraction of sp³-hybridized carbons (Fsp3) is 0.300. The van der Waals surface area contributed by atoms with Crippen molar-refractivity contribution in [2.24, 2.45) is 7.05 Å². The van der Waals surface area contributed by atoms with Crippen molar-refractivity contribution in [3.8, 4) is 0 Å². The van der Waals surface area contributed by atoms with Gasteiger partial charge in [0.25, 0.3) is 0 Å². The number of hydrogen-bond acceptors (Lipinski definition) is 4.